The molecule has 2 rings (SSSR count). The van der Waals surface area contributed by atoms with Crippen LogP contribution in [0, 0.1) is 11.3 Å². The fraction of sp³-hybridized carbons (Fsp3) is 0.588. The number of aryl methyl sites for hydroxylation is 1. The summed E-state index contributed by atoms with van der Waals surface area (Å²) in [7, 11) is 0. The van der Waals surface area contributed by atoms with Crippen LogP contribution in [0.3, 0.4) is 0 Å². The minimum Gasteiger partial charge on any atom is -0.462 e. The van der Waals surface area contributed by atoms with E-state index in [1.807, 2.05) is 11.4 Å². The minimum atomic E-state index is -5.80. The molecule has 0 saturated heterocycles. The van der Waals surface area contributed by atoms with E-state index in [1.165, 1.54) is 0 Å². The molecule has 0 unspecified atom stereocenters. The monoisotopic (exact) mass is 473 g/mol. The van der Waals surface area contributed by atoms with Crippen molar-refractivity contribution in [2.24, 2.45) is 0 Å². The molecule has 1 aliphatic rings. The molecule has 14 heteroatoms. The topological polar surface area (TPSA) is 100 Å². The predicted molar refractivity (Wildman–Crippen MR) is 95.3 cm³/mol. The Morgan fingerprint density at radius 1 is 1.16 bits per heavy atom. The molecule has 1 heterocycles. The molecule has 0 radical (unpaired) electrons. The highest BCUT2D eigenvalue weighted by atomic mass is 32.1. The summed E-state index contributed by atoms with van der Waals surface area (Å²) in [5, 5.41) is 12.4. The zero-order chi connectivity index (χ0) is 23.4. The molecule has 0 aliphatic heterocycles. The molecule has 1 aromatic heterocycles. The average Bonchev–Trinajstić information content (AvgIpc) is 3.00. The second-order valence-corrected chi connectivity index (χ2v) is 7.51. The van der Waals surface area contributed by atoms with Crippen molar-refractivity contribution in [3.05, 3.63) is 16.0 Å². The first-order valence-corrected chi connectivity index (χ1v) is 9.74. The number of esters is 1. The SMILES string of the molecule is CCOC(=O)[C@@](NC(=O)Nc1sc2c(c1C#N)CCCC2)(OCC(F)(F)F)C(F)(F)F. The largest absolute Gasteiger partial charge is 0.462 e. The number of nitrogens with one attached hydrogen (secondary N) is 2. The van der Waals surface area contributed by atoms with Crippen LogP contribution in [0.5, 0.6) is 0 Å². The Hall–Kier alpha value is -2.53. The number of urea groups is 1. The van der Waals surface area contributed by atoms with E-state index in [0.717, 1.165) is 41.3 Å². The van der Waals surface area contributed by atoms with Gasteiger partial charge in [0.05, 0.1) is 12.2 Å². The van der Waals surface area contributed by atoms with Gasteiger partial charge >= 0.3 is 30.1 Å². The van der Waals surface area contributed by atoms with Gasteiger partial charge in [0.2, 0.25) is 0 Å². The maximum atomic E-state index is 13.7. The van der Waals surface area contributed by atoms with Crippen molar-refractivity contribution < 1.29 is 45.4 Å². The normalized spacial score (nSPS) is 15.9. The van der Waals surface area contributed by atoms with Gasteiger partial charge in [-0.3, -0.25) is 10.6 Å². The van der Waals surface area contributed by atoms with Gasteiger partial charge in [-0.1, -0.05) is 0 Å². The summed E-state index contributed by atoms with van der Waals surface area (Å²) in [6.45, 7) is -1.98. The Morgan fingerprint density at radius 3 is 2.35 bits per heavy atom. The highest BCUT2D eigenvalue weighted by Crippen LogP contribution is 2.38. The van der Waals surface area contributed by atoms with Crippen LogP contribution < -0.4 is 10.6 Å². The number of alkyl halides is 6. The lowest BCUT2D eigenvalue weighted by molar-refractivity contribution is -0.305. The zero-order valence-corrected chi connectivity index (χ0v) is 16.8. The number of ether oxygens (including phenoxy) is 2. The van der Waals surface area contributed by atoms with Gasteiger partial charge < -0.3 is 9.47 Å². The van der Waals surface area contributed by atoms with Gasteiger partial charge in [-0.25, -0.2) is 9.59 Å². The second kappa shape index (κ2) is 9.31. The van der Waals surface area contributed by atoms with Gasteiger partial charge in [-0.2, -0.15) is 31.6 Å². The molecule has 1 aliphatic carbocycles. The molecule has 2 amide bonds. The van der Waals surface area contributed by atoms with Gasteiger partial charge in [0.25, 0.3) is 0 Å². The third kappa shape index (κ3) is 5.59. The first kappa shape index (κ1) is 24.7. The number of anilines is 1. The fourth-order valence-corrected chi connectivity index (χ4v) is 4.14. The number of rotatable bonds is 6. The van der Waals surface area contributed by atoms with E-state index < -0.39 is 43.3 Å². The number of hydrogen-bond acceptors (Lipinski definition) is 6. The minimum absolute atomic E-state index is 0.0554. The van der Waals surface area contributed by atoms with E-state index in [4.69, 9.17) is 0 Å². The summed E-state index contributed by atoms with van der Waals surface area (Å²) >= 11 is 0.972. The third-order valence-electron chi connectivity index (χ3n) is 4.21. The molecule has 172 valence electrons. The summed E-state index contributed by atoms with van der Waals surface area (Å²) < 4.78 is 86.7. The molecule has 0 aromatic carbocycles. The van der Waals surface area contributed by atoms with Crippen LogP contribution in [-0.2, 0) is 27.1 Å². The van der Waals surface area contributed by atoms with Crippen molar-refractivity contribution in [2.45, 2.75) is 50.7 Å². The smallest absolute Gasteiger partial charge is 0.448 e. The van der Waals surface area contributed by atoms with Crippen LogP contribution >= 0.6 is 11.3 Å². The van der Waals surface area contributed by atoms with Crippen LogP contribution in [0.1, 0.15) is 35.8 Å². The van der Waals surface area contributed by atoms with Crippen LogP contribution in [0.4, 0.5) is 36.1 Å². The van der Waals surface area contributed by atoms with Crippen LogP contribution in [-0.4, -0.2) is 43.3 Å². The lowest BCUT2D eigenvalue weighted by Crippen LogP contribution is -2.67. The maximum Gasteiger partial charge on any atom is 0.448 e. The Bertz CT molecular complexity index is 877. The van der Waals surface area contributed by atoms with E-state index in [0.29, 0.717) is 18.4 Å². The van der Waals surface area contributed by atoms with E-state index in [-0.39, 0.29) is 10.6 Å². The number of thiophene rings is 1. The van der Waals surface area contributed by atoms with E-state index in [1.54, 1.807) is 0 Å². The molecular weight excluding hydrogens is 456 g/mol. The second-order valence-electron chi connectivity index (χ2n) is 6.41. The number of nitriles is 1. The highest BCUT2D eigenvalue weighted by molar-refractivity contribution is 7.16. The number of carbonyl (C=O) groups is 2. The summed E-state index contributed by atoms with van der Waals surface area (Å²) in [5.41, 5.74) is -3.69. The molecule has 0 saturated carbocycles. The third-order valence-corrected chi connectivity index (χ3v) is 5.42. The Morgan fingerprint density at radius 2 is 1.81 bits per heavy atom. The van der Waals surface area contributed by atoms with E-state index in [2.05, 4.69) is 9.47 Å². The molecule has 0 bridgehead atoms. The molecule has 31 heavy (non-hydrogen) atoms. The van der Waals surface area contributed by atoms with E-state index >= 15 is 0 Å². The average molecular weight is 473 g/mol. The zero-order valence-electron chi connectivity index (χ0n) is 16.0. The summed E-state index contributed by atoms with van der Waals surface area (Å²) in [5.74, 6) is -2.27. The number of carbonyl (C=O) groups excluding carboxylic acids is 2. The van der Waals surface area contributed by atoms with Crippen molar-refractivity contribution >= 4 is 28.3 Å². The lowest BCUT2D eigenvalue weighted by Gasteiger charge is -2.33. The van der Waals surface area contributed by atoms with Crippen LogP contribution in [0.25, 0.3) is 0 Å². The number of amides is 2. The summed E-state index contributed by atoms with van der Waals surface area (Å²) in [6.07, 6.45) is -8.26. The molecule has 7 nitrogen and oxygen atoms in total. The molecule has 1 atom stereocenters. The van der Waals surface area contributed by atoms with Crippen molar-refractivity contribution in [3.8, 4) is 6.07 Å². The van der Waals surface area contributed by atoms with Crippen molar-refractivity contribution in [1.29, 1.82) is 5.26 Å². The standard InChI is InChI=1S/C17H17F6N3O4S/c1-2-29-13(27)16(17(21,22)23,30-8-15(18,19)20)26-14(28)25-12-10(7-24)9-5-3-4-6-11(9)31-12/h2-6,8H2,1H3,(H2,25,26,28)/t16-/m1/s1. The molecule has 0 spiro atoms. The van der Waals surface area contributed by atoms with Crippen molar-refractivity contribution in [2.75, 3.05) is 18.5 Å². The number of halogens is 6. The lowest BCUT2D eigenvalue weighted by atomic mass is 9.96. The van der Waals surface area contributed by atoms with Gasteiger partial charge in [0, 0.05) is 4.88 Å². The highest BCUT2D eigenvalue weighted by Gasteiger charge is 2.66. The molecule has 2 N–H and O–H groups in total. The van der Waals surface area contributed by atoms with Gasteiger partial charge in [0.15, 0.2) is 0 Å². The molecule has 1 aromatic rings. The Kier molecular flexibility index (Phi) is 7.43. The van der Waals surface area contributed by atoms with Gasteiger partial charge in [-0.05, 0) is 38.2 Å². The van der Waals surface area contributed by atoms with Gasteiger partial charge in [0.1, 0.15) is 17.7 Å². The van der Waals surface area contributed by atoms with E-state index in [9.17, 15) is 41.2 Å². The summed E-state index contributed by atoms with van der Waals surface area (Å²) in [4.78, 5) is 25.0. The Labute approximate surface area is 176 Å². The molecular formula is C17H17F6N3O4S. The van der Waals surface area contributed by atoms with Crippen LogP contribution in [0.15, 0.2) is 0 Å². The molecule has 0 fully saturated rings. The van der Waals surface area contributed by atoms with Gasteiger partial charge in [-0.15, -0.1) is 11.3 Å². The number of fused-ring (bicyclic) bond motifs is 1. The Balaban J connectivity index is 2.35. The number of nitrogens with zero attached hydrogens (tertiary/aromatic N) is 1. The first-order valence-electron chi connectivity index (χ1n) is 8.93. The van der Waals surface area contributed by atoms with Crippen molar-refractivity contribution in [1.82, 2.24) is 5.32 Å². The maximum absolute atomic E-state index is 13.7. The predicted octanol–water partition coefficient (Wildman–Crippen LogP) is 4.02. The quantitative estimate of drug-likeness (QED) is 0.369. The number of hydrogen-bond donors (Lipinski definition) is 2. The first-order chi connectivity index (χ1) is 14.3. The summed E-state index contributed by atoms with van der Waals surface area (Å²) in [6, 6.07) is 0.172. The fourth-order valence-electron chi connectivity index (χ4n) is 2.90. The van der Waals surface area contributed by atoms with Crippen LogP contribution in [0.2, 0.25) is 0 Å². The van der Waals surface area contributed by atoms with Crippen molar-refractivity contribution in [3.63, 3.8) is 0 Å².